The van der Waals surface area contributed by atoms with Crippen LogP contribution in [0.1, 0.15) is 34.3 Å². The molecule has 0 aliphatic heterocycles. The van der Waals surface area contributed by atoms with Crippen molar-refractivity contribution in [2.45, 2.75) is 12.8 Å². The van der Waals surface area contributed by atoms with E-state index in [1.165, 1.54) is 6.20 Å². The molecule has 0 saturated carbocycles. The Balaban J connectivity index is 2.36. The van der Waals surface area contributed by atoms with Crippen LogP contribution in [0.4, 0.5) is 8.78 Å². The number of fused-ring (bicyclic) bond motifs is 1. The number of rotatable bonds is 5. The van der Waals surface area contributed by atoms with Gasteiger partial charge < -0.3 is 9.30 Å². The minimum atomic E-state index is -1.22. The number of hydrogen-bond donors (Lipinski definition) is 0. The Morgan fingerprint density at radius 3 is 2.62 bits per heavy atom. The highest BCUT2D eigenvalue weighted by molar-refractivity contribution is 5.94. The van der Waals surface area contributed by atoms with Gasteiger partial charge in [-0.05, 0) is 18.6 Å². The fourth-order valence-electron chi connectivity index (χ4n) is 3.17. The molecule has 29 heavy (non-hydrogen) atoms. The summed E-state index contributed by atoms with van der Waals surface area (Å²) in [6.45, 7) is 5.16. The molecule has 0 bridgehead atoms. The lowest BCUT2D eigenvalue weighted by molar-refractivity contribution is 0.0524. The quantitative estimate of drug-likeness (QED) is 0.608. The normalized spacial score (nSPS) is 11.7. The summed E-state index contributed by atoms with van der Waals surface area (Å²) in [5.41, 5.74) is -1.58. The number of benzene rings is 2. The molecule has 0 spiro atoms. The first-order valence-corrected chi connectivity index (χ1v) is 8.75. The lowest BCUT2D eigenvalue weighted by Crippen LogP contribution is -2.21. The largest absolute Gasteiger partial charge is 0.462 e. The molecular formula is C22H16F2N2O3. The van der Waals surface area contributed by atoms with Crippen LogP contribution in [-0.4, -0.2) is 17.1 Å². The predicted molar refractivity (Wildman–Crippen MR) is 104 cm³/mol. The second-order valence-corrected chi connectivity index (χ2v) is 6.14. The zero-order valence-electron chi connectivity index (χ0n) is 15.5. The Bertz CT molecular complexity index is 1210. The average molecular weight is 394 g/mol. The molecule has 0 aliphatic rings. The second-order valence-electron chi connectivity index (χ2n) is 6.14. The van der Waals surface area contributed by atoms with Crippen molar-refractivity contribution in [1.29, 1.82) is 5.26 Å². The van der Waals surface area contributed by atoms with Gasteiger partial charge in [-0.2, -0.15) is 5.26 Å². The van der Waals surface area contributed by atoms with E-state index in [1.54, 1.807) is 37.3 Å². The summed E-state index contributed by atoms with van der Waals surface area (Å²) in [6, 6.07) is 10.9. The Morgan fingerprint density at radius 2 is 2.03 bits per heavy atom. The molecule has 0 fully saturated rings. The van der Waals surface area contributed by atoms with Gasteiger partial charge in [0, 0.05) is 18.0 Å². The summed E-state index contributed by atoms with van der Waals surface area (Å²) in [6.07, 6.45) is 2.27. The molecule has 1 atom stereocenters. The second kappa shape index (κ2) is 8.07. The standard InChI is InChI=1S/C22H16F2N2O3/c1-3-26-12-16(22(28)29-4-2)21(27)14-10-17(23)18(19(24)20(14)26)15(11-25)13-8-6-5-7-9-13/h3,5-10,12,15H,1,4H2,2H3. The van der Waals surface area contributed by atoms with Crippen LogP contribution in [0.5, 0.6) is 0 Å². The number of ether oxygens (including phenoxy) is 1. The van der Waals surface area contributed by atoms with E-state index in [1.807, 2.05) is 6.07 Å². The third-order valence-electron chi connectivity index (χ3n) is 4.49. The summed E-state index contributed by atoms with van der Waals surface area (Å²) in [5.74, 6) is -4.25. The summed E-state index contributed by atoms with van der Waals surface area (Å²) < 4.78 is 36.3. The van der Waals surface area contributed by atoms with Gasteiger partial charge >= 0.3 is 5.97 Å². The molecule has 1 unspecified atom stereocenters. The number of esters is 1. The SMILES string of the molecule is C=Cn1cc(C(=O)OCC)c(=O)c2cc(F)c(C(C#N)c3ccccc3)c(F)c21. The lowest BCUT2D eigenvalue weighted by atomic mass is 9.90. The smallest absolute Gasteiger partial charge is 0.343 e. The number of nitriles is 1. The summed E-state index contributed by atoms with van der Waals surface area (Å²) in [4.78, 5) is 24.7. The van der Waals surface area contributed by atoms with Crippen LogP contribution in [0.2, 0.25) is 0 Å². The number of carbonyl (C=O) groups excluding carboxylic acids is 1. The minimum Gasteiger partial charge on any atom is -0.462 e. The van der Waals surface area contributed by atoms with Gasteiger partial charge in [0.05, 0.1) is 23.6 Å². The topological polar surface area (TPSA) is 72.1 Å². The highest BCUT2D eigenvalue weighted by Gasteiger charge is 2.27. The zero-order valence-corrected chi connectivity index (χ0v) is 15.5. The molecule has 0 aliphatic carbocycles. The molecule has 2 aromatic carbocycles. The molecule has 1 heterocycles. The number of carbonyl (C=O) groups is 1. The number of aromatic nitrogens is 1. The van der Waals surface area contributed by atoms with Crippen LogP contribution in [0, 0.1) is 23.0 Å². The Hall–Kier alpha value is -3.79. The van der Waals surface area contributed by atoms with Crippen LogP contribution < -0.4 is 5.43 Å². The first-order valence-electron chi connectivity index (χ1n) is 8.75. The fraction of sp³-hybridized carbons (Fsp3) is 0.136. The zero-order chi connectivity index (χ0) is 21.1. The van der Waals surface area contributed by atoms with Gasteiger partial charge in [-0.1, -0.05) is 36.9 Å². The maximum absolute atomic E-state index is 15.4. The highest BCUT2D eigenvalue weighted by atomic mass is 19.1. The Kier molecular flexibility index (Phi) is 5.55. The number of pyridine rings is 1. The molecule has 0 N–H and O–H groups in total. The molecular weight excluding hydrogens is 378 g/mol. The number of hydrogen-bond acceptors (Lipinski definition) is 4. The Morgan fingerprint density at radius 1 is 1.34 bits per heavy atom. The predicted octanol–water partition coefficient (Wildman–Crippen LogP) is 4.21. The summed E-state index contributed by atoms with van der Waals surface area (Å²) >= 11 is 0. The molecule has 0 radical (unpaired) electrons. The highest BCUT2D eigenvalue weighted by Crippen LogP contribution is 2.32. The van der Waals surface area contributed by atoms with Crippen LogP contribution in [0.25, 0.3) is 17.1 Å². The average Bonchev–Trinajstić information content (AvgIpc) is 2.72. The van der Waals surface area contributed by atoms with Crippen molar-refractivity contribution in [3.8, 4) is 6.07 Å². The van der Waals surface area contributed by atoms with E-state index in [0.717, 1.165) is 16.8 Å². The van der Waals surface area contributed by atoms with Crippen molar-refractivity contribution in [2.24, 2.45) is 0 Å². The van der Waals surface area contributed by atoms with Gasteiger partial charge in [0.1, 0.15) is 17.3 Å². The van der Waals surface area contributed by atoms with Gasteiger partial charge in [0.25, 0.3) is 0 Å². The monoisotopic (exact) mass is 394 g/mol. The fourth-order valence-corrected chi connectivity index (χ4v) is 3.17. The van der Waals surface area contributed by atoms with Crippen molar-refractivity contribution in [3.63, 3.8) is 0 Å². The lowest BCUT2D eigenvalue weighted by Gasteiger charge is -2.16. The molecule has 3 aromatic rings. The van der Waals surface area contributed by atoms with Crippen molar-refractivity contribution in [1.82, 2.24) is 4.57 Å². The first kappa shape index (κ1) is 20.0. The molecule has 7 heteroatoms. The molecule has 146 valence electrons. The van der Waals surface area contributed by atoms with Gasteiger partial charge in [-0.15, -0.1) is 0 Å². The van der Waals surface area contributed by atoms with Gasteiger partial charge in [0.2, 0.25) is 5.43 Å². The van der Waals surface area contributed by atoms with E-state index >= 15 is 4.39 Å². The van der Waals surface area contributed by atoms with Crippen LogP contribution in [0.15, 0.2) is 54.0 Å². The first-order chi connectivity index (χ1) is 13.9. The van der Waals surface area contributed by atoms with Crippen molar-refractivity contribution < 1.29 is 18.3 Å². The maximum Gasteiger partial charge on any atom is 0.343 e. The molecule has 3 rings (SSSR count). The van der Waals surface area contributed by atoms with Gasteiger partial charge in [-0.25, -0.2) is 13.6 Å². The van der Waals surface area contributed by atoms with E-state index in [-0.39, 0.29) is 23.1 Å². The van der Waals surface area contributed by atoms with Gasteiger partial charge in [0.15, 0.2) is 5.82 Å². The molecule has 0 amide bonds. The van der Waals surface area contributed by atoms with Crippen LogP contribution in [-0.2, 0) is 4.74 Å². The van der Waals surface area contributed by atoms with Crippen molar-refractivity contribution >= 4 is 23.1 Å². The van der Waals surface area contributed by atoms with E-state index in [9.17, 15) is 19.2 Å². The minimum absolute atomic E-state index is 0.0347. The molecule has 1 aromatic heterocycles. The number of nitrogens with zero attached hydrogens (tertiary/aromatic N) is 2. The number of halogens is 2. The van der Waals surface area contributed by atoms with E-state index in [4.69, 9.17) is 4.74 Å². The summed E-state index contributed by atoms with van der Waals surface area (Å²) in [5, 5.41) is 9.23. The van der Waals surface area contributed by atoms with Crippen molar-refractivity contribution in [2.75, 3.05) is 6.61 Å². The van der Waals surface area contributed by atoms with Crippen LogP contribution >= 0.6 is 0 Å². The van der Waals surface area contributed by atoms with Crippen LogP contribution in [0.3, 0.4) is 0 Å². The summed E-state index contributed by atoms with van der Waals surface area (Å²) in [7, 11) is 0. The van der Waals surface area contributed by atoms with Crippen molar-refractivity contribution in [3.05, 3.63) is 87.7 Å². The van der Waals surface area contributed by atoms with E-state index in [2.05, 4.69) is 6.58 Å². The third-order valence-corrected chi connectivity index (χ3v) is 4.49. The van der Waals surface area contributed by atoms with E-state index in [0.29, 0.717) is 5.56 Å². The van der Waals surface area contributed by atoms with E-state index < -0.39 is 34.5 Å². The molecule has 0 saturated heterocycles. The third kappa shape index (κ3) is 3.41. The maximum atomic E-state index is 15.4. The molecule has 5 nitrogen and oxygen atoms in total. The Labute approximate surface area is 165 Å². The van der Waals surface area contributed by atoms with Gasteiger partial charge in [-0.3, -0.25) is 4.79 Å².